The number of esters is 1. The molecule has 1 heterocycles. The number of methoxy groups -OCH3 is 3. The lowest BCUT2D eigenvalue weighted by atomic mass is 9.79. The lowest BCUT2D eigenvalue weighted by Crippen LogP contribution is -2.55. The lowest BCUT2D eigenvalue weighted by molar-refractivity contribution is -0.143. The summed E-state index contributed by atoms with van der Waals surface area (Å²) in [6, 6.07) is 15.0. The molecule has 1 saturated heterocycles. The number of aliphatic carboxylic acids is 1. The van der Waals surface area contributed by atoms with Gasteiger partial charge in [-0.2, -0.15) is 0 Å². The number of hydrogen-bond donors (Lipinski definition) is 3. The molecule has 15 heteroatoms. The van der Waals surface area contributed by atoms with Gasteiger partial charge in [0.05, 0.1) is 74.6 Å². The van der Waals surface area contributed by atoms with Gasteiger partial charge in [0.15, 0.2) is 5.78 Å². The van der Waals surface area contributed by atoms with Crippen LogP contribution in [0.3, 0.4) is 0 Å². The smallest absolute Gasteiger partial charge is 0.337 e. The van der Waals surface area contributed by atoms with E-state index in [9.17, 15) is 28.8 Å². The molecule has 1 aliphatic heterocycles. The predicted octanol–water partition coefficient (Wildman–Crippen LogP) is 7.37. The maximum absolute atomic E-state index is 14.4. The van der Waals surface area contributed by atoms with Gasteiger partial charge in [-0.3, -0.25) is 28.9 Å². The Balaban J connectivity index is 1.69. The number of amides is 3. The number of Topliss-reactive ketones (excluding diaryl/α,β-unsaturated/α-hetero) is 1. The van der Waals surface area contributed by atoms with Gasteiger partial charge < -0.3 is 39.6 Å². The number of carbonyl (C=O) groups excluding carboxylic acids is 5. The molecule has 3 rings (SSSR count). The van der Waals surface area contributed by atoms with Crippen molar-refractivity contribution in [3.8, 4) is 0 Å². The van der Waals surface area contributed by atoms with Crippen LogP contribution in [0.15, 0.2) is 54.6 Å². The predicted molar refractivity (Wildman–Crippen MR) is 271 cm³/mol. The first-order valence-corrected chi connectivity index (χ1v) is 25.5. The van der Waals surface area contributed by atoms with Crippen LogP contribution in [0.5, 0.6) is 0 Å². The van der Waals surface area contributed by atoms with E-state index in [0.29, 0.717) is 50.8 Å². The number of rotatable bonds is 32. The topological polar surface area (TPSA) is 190 Å². The van der Waals surface area contributed by atoms with Crippen LogP contribution in [-0.4, -0.2) is 135 Å². The van der Waals surface area contributed by atoms with E-state index in [1.54, 1.807) is 26.4 Å². The van der Waals surface area contributed by atoms with Crippen molar-refractivity contribution in [1.82, 2.24) is 20.4 Å². The second kappa shape index (κ2) is 30.2. The number of nitrogens with one attached hydrogen (secondary N) is 2. The summed E-state index contributed by atoms with van der Waals surface area (Å²) in [5.74, 6) is -2.88. The van der Waals surface area contributed by atoms with Crippen LogP contribution in [0.4, 0.5) is 0 Å². The molecule has 1 aliphatic rings. The Kier molecular flexibility index (Phi) is 25.8. The van der Waals surface area contributed by atoms with Gasteiger partial charge in [0.1, 0.15) is 0 Å². The van der Waals surface area contributed by atoms with Crippen LogP contribution in [-0.2, 0) is 55.9 Å². The van der Waals surface area contributed by atoms with Gasteiger partial charge >= 0.3 is 11.9 Å². The number of carboxylic acid groups (broad SMARTS) is 1. The molecule has 0 saturated carbocycles. The number of likely N-dealkylation sites (tertiary alicyclic amines) is 1. The highest BCUT2D eigenvalue weighted by Gasteiger charge is 2.42. The second-order valence-corrected chi connectivity index (χ2v) is 20.2. The summed E-state index contributed by atoms with van der Waals surface area (Å²) in [7, 11) is 6.38. The van der Waals surface area contributed by atoms with E-state index in [1.807, 2.05) is 101 Å². The van der Waals surface area contributed by atoms with E-state index in [1.165, 1.54) is 7.11 Å². The molecule has 0 aromatic heterocycles. The van der Waals surface area contributed by atoms with Crippen molar-refractivity contribution in [1.29, 1.82) is 0 Å². The van der Waals surface area contributed by atoms with E-state index < -0.39 is 42.1 Å². The van der Waals surface area contributed by atoms with E-state index in [0.717, 1.165) is 24.0 Å². The van der Waals surface area contributed by atoms with Gasteiger partial charge in [0.2, 0.25) is 17.7 Å². The fourth-order valence-electron chi connectivity index (χ4n) is 10.0. The molecule has 15 nitrogen and oxygen atoms in total. The van der Waals surface area contributed by atoms with Crippen LogP contribution in [0.25, 0.3) is 0 Å². The Hall–Kier alpha value is -4.70. The molecule has 0 spiro atoms. The fourth-order valence-corrected chi connectivity index (χ4v) is 10.0. The first kappa shape index (κ1) is 59.6. The quantitative estimate of drug-likeness (QED) is 0.0619. The zero-order valence-electron chi connectivity index (χ0n) is 44.2. The average molecular weight is 979 g/mol. The highest BCUT2D eigenvalue weighted by Crippen LogP contribution is 2.33. The summed E-state index contributed by atoms with van der Waals surface area (Å²) in [6.07, 6.45) is 3.63. The van der Waals surface area contributed by atoms with Gasteiger partial charge in [-0.15, -0.1) is 0 Å². The van der Waals surface area contributed by atoms with Crippen molar-refractivity contribution in [2.24, 2.45) is 35.5 Å². The van der Waals surface area contributed by atoms with Gasteiger partial charge in [0.25, 0.3) is 0 Å². The van der Waals surface area contributed by atoms with Gasteiger partial charge in [0, 0.05) is 33.1 Å². The first-order valence-electron chi connectivity index (χ1n) is 25.5. The van der Waals surface area contributed by atoms with Crippen molar-refractivity contribution in [2.45, 2.75) is 156 Å². The number of ether oxygens (including phenoxy) is 4. The standard InChI is InChI=1S/C55H86N4O11/c1-13-37(6)44(28-23-38(7)51(63)49(35(2)3)57-54(65)50(36(4)5)58(9)29-18-22-48(61)62)46(67-10)32-47(60)59-30-17-21-45(59)52(68-11)39(8)53(64)56-43(31-40-19-15-14-16-20-40)34-70-33-41-24-26-42(27-25-41)55(66)69-12/h14-16,19-20,24-27,35-39,43-46,49-50,52H,13,17-18,21-23,28-34H2,1-12H3,(H,56,64)(H,57,65)(H,61,62). The van der Waals surface area contributed by atoms with E-state index in [4.69, 9.17) is 24.1 Å². The largest absolute Gasteiger partial charge is 0.481 e. The summed E-state index contributed by atoms with van der Waals surface area (Å²) in [4.78, 5) is 83.2. The van der Waals surface area contributed by atoms with Crippen molar-refractivity contribution < 1.29 is 52.8 Å². The first-order chi connectivity index (χ1) is 33.3. The zero-order valence-corrected chi connectivity index (χ0v) is 44.2. The molecule has 2 aromatic rings. The second-order valence-electron chi connectivity index (χ2n) is 20.2. The van der Waals surface area contributed by atoms with Crippen LogP contribution < -0.4 is 10.6 Å². The molecule has 0 radical (unpaired) electrons. The number of carboxylic acids is 1. The minimum atomic E-state index is -0.880. The molecule has 70 heavy (non-hydrogen) atoms. The molecule has 392 valence electrons. The monoisotopic (exact) mass is 979 g/mol. The number of carbonyl (C=O) groups is 6. The van der Waals surface area contributed by atoms with Crippen LogP contribution in [0.1, 0.15) is 128 Å². The van der Waals surface area contributed by atoms with Crippen molar-refractivity contribution >= 4 is 35.4 Å². The highest BCUT2D eigenvalue weighted by atomic mass is 16.5. The minimum absolute atomic E-state index is 0.0138. The molecular weight excluding hydrogens is 893 g/mol. The summed E-state index contributed by atoms with van der Waals surface area (Å²) in [6.45, 7) is 17.3. The fraction of sp³-hybridized carbons (Fsp3) is 0.673. The third-order valence-electron chi connectivity index (χ3n) is 14.3. The number of likely N-dealkylation sites (N-methyl/N-ethyl adjacent to an activating group) is 1. The molecule has 0 aliphatic carbocycles. The SMILES string of the molecule is CCC(C)C(CCC(C)C(=O)C(NC(=O)C(C(C)C)N(C)CCCC(=O)O)C(C)C)C(CC(=O)N1CCCC1C(OC)C(C)C(=O)NC(COCc1ccc(C(=O)OC)cc1)Cc1ccccc1)OC. The molecule has 0 bridgehead atoms. The number of nitrogens with zero attached hydrogens (tertiary/aromatic N) is 2. The van der Waals surface area contributed by atoms with E-state index in [-0.39, 0.29) is 91.2 Å². The lowest BCUT2D eigenvalue weighted by Gasteiger charge is -2.36. The summed E-state index contributed by atoms with van der Waals surface area (Å²) in [5, 5.41) is 15.4. The van der Waals surface area contributed by atoms with Crippen molar-refractivity contribution in [2.75, 3.05) is 48.1 Å². The maximum atomic E-state index is 14.4. The molecular formula is C55H86N4O11. The number of benzene rings is 2. The Morgan fingerprint density at radius 1 is 0.829 bits per heavy atom. The van der Waals surface area contributed by atoms with Gasteiger partial charge in [-0.05, 0) is 99.0 Å². The van der Waals surface area contributed by atoms with Crippen molar-refractivity contribution in [3.63, 3.8) is 0 Å². The zero-order chi connectivity index (χ0) is 52.1. The summed E-state index contributed by atoms with van der Waals surface area (Å²) >= 11 is 0. The Morgan fingerprint density at radius 2 is 1.50 bits per heavy atom. The molecule has 1 fully saturated rings. The minimum Gasteiger partial charge on any atom is -0.481 e. The molecule has 3 amide bonds. The molecule has 2 aromatic carbocycles. The average Bonchev–Trinajstić information content (AvgIpc) is 3.82. The van der Waals surface area contributed by atoms with E-state index >= 15 is 0 Å². The van der Waals surface area contributed by atoms with Crippen LogP contribution in [0, 0.1) is 35.5 Å². The molecule has 10 unspecified atom stereocenters. The number of hydrogen-bond acceptors (Lipinski definition) is 11. The highest BCUT2D eigenvalue weighted by molar-refractivity contribution is 5.92. The van der Waals surface area contributed by atoms with Gasteiger partial charge in [-0.25, -0.2) is 4.79 Å². The Morgan fingerprint density at radius 3 is 2.07 bits per heavy atom. The third kappa shape index (κ3) is 18.2. The normalized spacial score (nSPS) is 17.8. The Labute approximate surface area is 418 Å². The summed E-state index contributed by atoms with van der Waals surface area (Å²) in [5.41, 5.74) is 2.37. The number of ketones is 1. The van der Waals surface area contributed by atoms with Gasteiger partial charge in [-0.1, -0.05) is 104 Å². The third-order valence-corrected chi connectivity index (χ3v) is 14.3. The Bertz CT molecular complexity index is 1930. The maximum Gasteiger partial charge on any atom is 0.337 e. The van der Waals surface area contributed by atoms with E-state index in [2.05, 4.69) is 24.5 Å². The van der Waals surface area contributed by atoms with Crippen LogP contribution >= 0.6 is 0 Å². The van der Waals surface area contributed by atoms with Crippen molar-refractivity contribution in [3.05, 3.63) is 71.3 Å². The molecule has 10 atom stereocenters. The molecule has 3 N–H and O–H groups in total. The van der Waals surface area contributed by atoms with Crippen LogP contribution in [0.2, 0.25) is 0 Å². The summed E-state index contributed by atoms with van der Waals surface area (Å²) < 4.78 is 23.2.